The summed E-state index contributed by atoms with van der Waals surface area (Å²) in [5, 5.41) is 0. The van der Waals surface area contributed by atoms with E-state index in [1.165, 1.54) is 0 Å². The molecule has 4 nitrogen and oxygen atoms in total. The van der Waals surface area contributed by atoms with Crippen LogP contribution in [0.4, 0.5) is 5.69 Å². The van der Waals surface area contributed by atoms with Crippen molar-refractivity contribution in [2.45, 2.75) is 33.5 Å². The Balaban J connectivity index is 2.34. The summed E-state index contributed by atoms with van der Waals surface area (Å²) in [7, 11) is -1.67. The quantitative estimate of drug-likeness (QED) is 0.632. The van der Waals surface area contributed by atoms with Crippen LogP contribution in [0.2, 0.25) is 19.6 Å². The molecule has 0 saturated heterocycles. The fourth-order valence-electron chi connectivity index (χ4n) is 1.82. The second-order valence-electron chi connectivity index (χ2n) is 5.97. The largest absolute Gasteiger partial charge is 0.543 e. The Hall–Kier alpha value is -2.01. The van der Waals surface area contributed by atoms with Gasteiger partial charge in [-0.25, -0.2) is 0 Å². The predicted octanol–water partition coefficient (Wildman–Crippen LogP) is 4.06. The van der Waals surface area contributed by atoms with E-state index >= 15 is 0 Å². The van der Waals surface area contributed by atoms with Crippen LogP contribution >= 0.6 is 0 Å². The Morgan fingerprint density at radius 1 is 1.10 bits per heavy atom. The molecule has 2 aromatic rings. The Morgan fingerprint density at radius 3 is 2.48 bits per heavy atom. The maximum absolute atomic E-state index is 6.12. The lowest BCUT2D eigenvalue weighted by molar-refractivity contribution is 0.558. The molecule has 5 heteroatoms. The Labute approximate surface area is 127 Å². The molecular weight excluding hydrogens is 278 g/mol. The van der Waals surface area contributed by atoms with E-state index in [1.807, 2.05) is 25.1 Å². The minimum atomic E-state index is -1.67. The SMILES string of the molecule is Cc1ccc(/N=C\c2nccnc2C)c(O[Si](C)(C)C)c1. The van der Waals surface area contributed by atoms with Gasteiger partial charge < -0.3 is 4.43 Å². The van der Waals surface area contributed by atoms with Crippen molar-refractivity contribution >= 4 is 20.2 Å². The van der Waals surface area contributed by atoms with E-state index in [1.54, 1.807) is 18.6 Å². The van der Waals surface area contributed by atoms with Gasteiger partial charge in [-0.1, -0.05) is 6.07 Å². The fraction of sp³-hybridized carbons (Fsp3) is 0.312. The summed E-state index contributed by atoms with van der Waals surface area (Å²) in [6.45, 7) is 10.5. The number of aliphatic imine (C=N–C) groups is 1. The van der Waals surface area contributed by atoms with E-state index in [9.17, 15) is 0 Å². The van der Waals surface area contributed by atoms with E-state index in [0.29, 0.717) is 0 Å². The first-order valence-electron chi connectivity index (χ1n) is 6.96. The highest BCUT2D eigenvalue weighted by Crippen LogP contribution is 2.30. The van der Waals surface area contributed by atoms with E-state index in [-0.39, 0.29) is 0 Å². The average Bonchev–Trinajstić information content (AvgIpc) is 2.38. The van der Waals surface area contributed by atoms with E-state index in [2.05, 4.69) is 41.5 Å². The van der Waals surface area contributed by atoms with Crippen LogP contribution in [-0.2, 0) is 0 Å². The first-order valence-corrected chi connectivity index (χ1v) is 10.4. The second-order valence-corrected chi connectivity index (χ2v) is 10.4. The van der Waals surface area contributed by atoms with Crippen LogP contribution in [0.3, 0.4) is 0 Å². The molecule has 1 aromatic heterocycles. The predicted molar refractivity (Wildman–Crippen MR) is 89.2 cm³/mol. The summed E-state index contributed by atoms with van der Waals surface area (Å²) in [4.78, 5) is 13.0. The van der Waals surface area contributed by atoms with Crippen molar-refractivity contribution in [1.29, 1.82) is 0 Å². The van der Waals surface area contributed by atoms with Gasteiger partial charge in [-0.2, -0.15) is 0 Å². The molecule has 0 N–H and O–H groups in total. The molecule has 1 heterocycles. The normalized spacial score (nSPS) is 11.9. The number of hydrogen-bond acceptors (Lipinski definition) is 4. The van der Waals surface area contributed by atoms with Gasteiger partial charge >= 0.3 is 0 Å². The average molecular weight is 299 g/mol. The molecule has 1 aromatic carbocycles. The molecule has 0 amide bonds. The molecule has 0 aliphatic rings. The van der Waals surface area contributed by atoms with Crippen molar-refractivity contribution < 1.29 is 4.43 Å². The van der Waals surface area contributed by atoms with Crippen molar-refractivity contribution in [3.63, 3.8) is 0 Å². The van der Waals surface area contributed by atoms with Crippen molar-refractivity contribution in [1.82, 2.24) is 9.97 Å². The zero-order valence-corrected chi connectivity index (χ0v) is 14.2. The van der Waals surface area contributed by atoms with E-state index in [0.717, 1.165) is 28.4 Å². The highest BCUT2D eigenvalue weighted by molar-refractivity contribution is 6.70. The van der Waals surface area contributed by atoms with Gasteiger partial charge in [0.25, 0.3) is 0 Å². The third-order valence-corrected chi connectivity index (χ3v) is 3.61. The molecule has 2 rings (SSSR count). The lowest BCUT2D eigenvalue weighted by Crippen LogP contribution is -2.29. The molecule has 0 aliphatic carbocycles. The molecule has 0 unspecified atom stereocenters. The summed E-state index contributed by atoms with van der Waals surface area (Å²) >= 11 is 0. The maximum Gasteiger partial charge on any atom is 0.242 e. The molecule has 0 atom stereocenters. The van der Waals surface area contributed by atoms with Crippen molar-refractivity contribution in [2.75, 3.05) is 0 Å². The van der Waals surface area contributed by atoms with Crippen LogP contribution in [0, 0.1) is 13.8 Å². The first kappa shape index (κ1) is 15.4. The Bertz CT molecular complexity index is 663. The third-order valence-electron chi connectivity index (χ3n) is 2.78. The zero-order chi connectivity index (χ0) is 15.5. The topological polar surface area (TPSA) is 47.4 Å². The van der Waals surface area contributed by atoms with Gasteiger partial charge in [0.2, 0.25) is 8.32 Å². The van der Waals surface area contributed by atoms with Gasteiger partial charge in [0.1, 0.15) is 17.1 Å². The van der Waals surface area contributed by atoms with E-state index in [4.69, 9.17) is 4.43 Å². The molecule has 21 heavy (non-hydrogen) atoms. The minimum absolute atomic E-state index is 0.775. The standard InChI is InChI=1S/C16H21N3OSi/c1-12-6-7-14(16(10-12)20-21(3,4)5)19-11-15-13(2)17-8-9-18-15/h6-11H,1-5H3/b19-11-. The molecule has 0 radical (unpaired) electrons. The summed E-state index contributed by atoms with van der Waals surface area (Å²) in [6, 6.07) is 6.05. The number of benzene rings is 1. The van der Waals surface area contributed by atoms with Crippen LogP contribution < -0.4 is 4.43 Å². The highest BCUT2D eigenvalue weighted by atomic mass is 28.4. The molecule has 110 valence electrons. The molecule has 0 aliphatic heterocycles. The number of hydrogen-bond donors (Lipinski definition) is 0. The number of aryl methyl sites for hydroxylation is 2. The Morgan fingerprint density at radius 2 is 1.81 bits per heavy atom. The summed E-state index contributed by atoms with van der Waals surface area (Å²) in [5.74, 6) is 0.840. The maximum atomic E-state index is 6.12. The Kier molecular flexibility index (Phi) is 4.52. The number of rotatable bonds is 4. The lowest BCUT2D eigenvalue weighted by Gasteiger charge is -2.20. The van der Waals surface area contributed by atoms with Crippen LogP contribution in [-0.4, -0.2) is 24.5 Å². The van der Waals surface area contributed by atoms with Gasteiger partial charge in [0.15, 0.2) is 0 Å². The van der Waals surface area contributed by atoms with Crippen molar-refractivity contribution in [3.8, 4) is 5.75 Å². The summed E-state index contributed by atoms with van der Waals surface area (Å²) < 4.78 is 6.12. The zero-order valence-electron chi connectivity index (χ0n) is 13.2. The second kappa shape index (κ2) is 6.18. The monoisotopic (exact) mass is 299 g/mol. The van der Waals surface area contributed by atoms with Crippen molar-refractivity contribution in [3.05, 3.63) is 47.5 Å². The van der Waals surface area contributed by atoms with Gasteiger partial charge in [0.05, 0.1) is 11.9 Å². The minimum Gasteiger partial charge on any atom is -0.543 e. The fourth-order valence-corrected chi connectivity index (χ4v) is 2.64. The van der Waals surface area contributed by atoms with Gasteiger partial charge in [-0.05, 0) is 51.2 Å². The number of aromatic nitrogens is 2. The van der Waals surface area contributed by atoms with Crippen LogP contribution in [0.15, 0.2) is 35.6 Å². The summed E-state index contributed by atoms with van der Waals surface area (Å²) in [6.07, 6.45) is 5.09. The van der Waals surface area contributed by atoms with Gasteiger partial charge in [-0.3, -0.25) is 15.0 Å². The van der Waals surface area contributed by atoms with Gasteiger partial charge in [-0.15, -0.1) is 0 Å². The molecule has 0 fully saturated rings. The first-order chi connectivity index (χ1) is 9.85. The van der Waals surface area contributed by atoms with Crippen LogP contribution in [0.25, 0.3) is 0 Å². The molecule has 0 bridgehead atoms. The molecule has 0 saturated carbocycles. The smallest absolute Gasteiger partial charge is 0.242 e. The van der Waals surface area contributed by atoms with Crippen LogP contribution in [0.5, 0.6) is 5.75 Å². The lowest BCUT2D eigenvalue weighted by atomic mass is 10.2. The molecular formula is C16H21N3OSi. The van der Waals surface area contributed by atoms with Crippen molar-refractivity contribution in [2.24, 2.45) is 4.99 Å². The van der Waals surface area contributed by atoms with Gasteiger partial charge in [0, 0.05) is 12.4 Å². The molecule has 0 spiro atoms. The van der Waals surface area contributed by atoms with E-state index < -0.39 is 8.32 Å². The third kappa shape index (κ3) is 4.49. The highest BCUT2D eigenvalue weighted by Gasteiger charge is 2.18. The summed E-state index contributed by atoms with van der Waals surface area (Å²) in [5.41, 5.74) is 3.63. The number of nitrogens with zero attached hydrogens (tertiary/aromatic N) is 3. The van der Waals surface area contributed by atoms with Crippen LogP contribution in [0.1, 0.15) is 17.0 Å².